The van der Waals surface area contributed by atoms with Gasteiger partial charge in [0.2, 0.25) is 0 Å². The maximum Gasteiger partial charge on any atom is 0.405 e. The first-order chi connectivity index (χ1) is 12.0. The molecular formula is C19H19NO5. The van der Waals surface area contributed by atoms with Gasteiger partial charge in [-0.15, -0.1) is 0 Å². The fraction of sp³-hybridized carbons (Fsp3) is 0.211. The lowest BCUT2D eigenvalue weighted by molar-refractivity contribution is -0.134. The molecule has 3 aromatic rings. The van der Waals surface area contributed by atoms with Crippen molar-refractivity contribution in [2.45, 2.75) is 11.7 Å². The first-order valence-electron chi connectivity index (χ1n) is 7.80. The lowest BCUT2D eigenvalue weighted by atomic mass is 9.90. The predicted molar refractivity (Wildman–Crippen MR) is 94.0 cm³/mol. The topological polar surface area (TPSA) is 113 Å². The van der Waals surface area contributed by atoms with Gasteiger partial charge in [0.1, 0.15) is 6.10 Å². The number of aliphatic hydroxyl groups is 3. The fourth-order valence-corrected chi connectivity index (χ4v) is 3.04. The molecule has 0 saturated heterocycles. The van der Waals surface area contributed by atoms with Crippen molar-refractivity contribution >= 4 is 27.6 Å². The molecule has 130 valence electrons. The van der Waals surface area contributed by atoms with Crippen LogP contribution >= 0.6 is 0 Å². The first-order valence-corrected chi connectivity index (χ1v) is 7.80. The molecule has 6 heteroatoms. The normalized spacial score (nSPS) is 13.1. The molecule has 6 nitrogen and oxygen atoms in total. The number of hydrogen-bond donors (Lipinski definition) is 4. The molecule has 0 aliphatic rings. The lowest BCUT2D eigenvalue weighted by Crippen LogP contribution is -2.49. The molecule has 0 aliphatic heterocycles. The van der Waals surface area contributed by atoms with Gasteiger partial charge in [0.15, 0.2) is 5.60 Å². The highest BCUT2D eigenvalue weighted by Crippen LogP contribution is 2.33. The van der Waals surface area contributed by atoms with Gasteiger partial charge in [-0.25, -0.2) is 4.79 Å². The summed E-state index contributed by atoms with van der Waals surface area (Å²) in [5.74, 6) is 0. The van der Waals surface area contributed by atoms with Gasteiger partial charge in [0.05, 0.1) is 13.2 Å². The predicted octanol–water partition coefficient (Wildman–Crippen LogP) is 1.85. The van der Waals surface area contributed by atoms with E-state index in [1.54, 1.807) is 12.1 Å². The number of aliphatic hydroxyl groups excluding tert-OH is 3. The number of rotatable bonds is 5. The second kappa shape index (κ2) is 6.68. The molecule has 25 heavy (non-hydrogen) atoms. The first kappa shape index (κ1) is 17.2. The number of benzene rings is 3. The van der Waals surface area contributed by atoms with Crippen LogP contribution in [0, 0.1) is 0 Å². The number of amides is 1. The molecular weight excluding hydrogens is 322 g/mol. The minimum absolute atomic E-state index is 0.396. The highest BCUT2D eigenvalue weighted by molar-refractivity contribution is 6.07. The Morgan fingerprint density at radius 3 is 2.24 bits per heavy atom. The fourth-order valence-electron chi connectivity index (χ4n) is 3.04. The van der Waals surface area contributed by atoms with E-state index in [2.05, 4.69) is 0 Å². The van der Waals surface area contributed by atoms with Crippen molar-refractivity contribution in [1.29, 1.82) is 0 Å². The molecule has 5 N–H and O–H groups in total. The maximum atomic E-state index is 11.1. The smallest absolute Gasteiger partial charge is 0.405 e. The Kier molecular flexibility index (Phi) is 4.59. The van der Waals surface area contributed by atoms with Crippen LogP contribution in [0.1, 0.15) is 11.7 Å². The Hall–Kier alpha value is -2.67. The number of carbonyl (C=O) groups is 1. The van der Waals surface area contributed by atoms with Crippen LogP contribution in [0.25, 0.3) is 21.5 Å². The van der Waals surface area contributed by atoms with Gasteiger partial charge in [0, 0.05) is 0 Å². The Labute approximate surface area is 144 Å². The quantitative estimate of drug-likeness (QED) is 0.529. The van der Waals surface area contributed by atoms with Gasteiger partial charge >= 0.3 is 6.09 Å². The Balaban J connectivity index is 2.14. The molecule has 0 bridgehead atoms. The summed E-state index contributed by atoms with van der Waals surface area (Å²) in [6, 6.07) is 17.0. The molecule has 1 unspecified atom stereocenters. The zero-order valence-electron chi connectivity index (χ0n) is 13.4. The summed E-state index contributed by atoms with van der Waals surface area (Å²) in [6.07, 6.45) is -2.63. The van der Waals surface area contributed by atoms with Crippen molar-refractivity contribution < 1.29 is 24.9 Å². The van der Waals surface area contributed by atoms with Gasteiger partial charge in [-0.05, 0) is 33.2 Å². The van der Waals surface area contributed by atoms with Crippen LogP contribution in [0.15, 0.2) is 54.6 Å². The summed E-state index contributed by atoms with van der Waals surface area (Å²) >= 11 is 0. The van der Waals surface area contributed by atoms with E-state index in [-0.39, 0.29) is 0 Å². The summed E-state index contributed by atoms with van der Waals surface area (Å²) in [5.41, 5.74) is 3.50. The molecule has 0 aliphatic carbocycles. The second-order valence-corrected chi connectivity index (χ2v) is 5.97. The highest BCUT2D eigenvalue weighted by atomic mass is 16.6. The number of nitrogens with two attached hydrogens (primary N) is 1. The third kappa shape index (κ3) is 3.02. The van der Waals surface area contributed by atoms with Crippen LogP contribution in [-0.2, 0) is 4.74 Å². The van der Waals surface area contributed by atoms with E-state index in [9.17, 15) is 20.1 Å². The molecule has 0 aromatic heterocycles. The molecule has 0 saturated carbocycles. The van der Waals surface area contributed by atoms with Crippen LogP contribution in [-0.4, -0.2) is 40.2 Å². The van der Waals surface area contributed by atoms with E-state index in [1.807, 2.05) is 42.5 Å². The van der Waals surface area contributed by atoms with Crippen molar-refractivity contribution in [2.75, 3.05) is 13.2 Å². The number of primary amides is 1. The van der Waals surface area contributed by atoms with Crippen molar-refractivity contribution in [3.05, 3.63) is 60.2 Å². The molecule has 3 aromatic carbocycles. The third-order valence-corrected chi connectivity index (χ3v) is 4.42. The number of carbonyl (C=O) groups excluding carboxylic acids is 1. The van der Waals surface area contributed by atoms with Crippen LogP contribution < -0.4 is 5.73 Å². The third-order valence-electron chi connectivity index (χ3n) is 4.42. The molecule has 0 fully saturated rings. The maximum absolute atomic E-state index is 11.1. The molecule has 0 heterocycles. The summed E-state index contributed by atoms with van der Waals surface area (Å²) in [4.78, 5) is 11.1. The van der Waals surface area contributed by atoms with Crippen molar-refractivity contribution in [3.63, 3.8) is 0 Å². The average Bonchev–Trinajstić information content (AvgIpc) is 2.65. The molecule has 0 spiro atoms. The van der Waals surface area contributed by atoms with E-state index < -0.39 is 31.0 Å². The largest absolute Gasteiger partial charge is 0.435 e. The van der Waals surface area contributed by atoms with Crippen molar-refractivity contribution in [3.8, 4) is 0 Å². The zero-order valence-corrected chi connectivity index (χ0v) is 13.4. The zero-order chi connectivity index (χ0) is 18.0. The molecule has 3 rings (SSSR count). The summed E-state index contributed by atoms with van der Waals surface area (Å²) in [7, 11) is 0. The van der Waals surface area contributed by atoms with E-state index in [4.69, 9.17) is 10.5 Å². The molecule has 1 atom stereocenters. The van der Waals surface area contributed by atoms with E-state index in [0.29, 0.717) is 5.56 Å². The van der Waals surface area contributed by atoms with Crippen molar-refractivity contribution in [1.82, 2.24) is 0 Å². The lowest BCUT2D eigenvalue weighted by Gasteiger charge is -2.33. The SMILES string of the molecule is NC(=O)OC(CO)(CO)C(O)c1ccc2ccc3ccccc3c2c1. The highest BCUT2D eigenvalue weighted by Gasteiger charge is 2.42. The van der Waals surface area contributed by atoms with E-state index >= 15 is 0 Å². The molecule has 1 amide bonds. The van der Waals surface area contributed by atoms with Gasteiger partial charge in [-0.1, -0.05) is 48.5 Å². The van der Waals surface area contributed by atoms with E-state index in [1.165, 1.54) is 0 Å². The number of ether oxygens (including phenoxy) is 1. The van der Waals surface area contributed by atoms with Crippen molar-refractivity contribution in [2.24, 2.45) is 5.73 Å². The van der Waals surface area contributed by atoms with E-state index in [0.717, 1.165) is 21.5 Å². The monoisotopic (exact) mass is 341 g/mol. The van der Waals surface area contributed by atoms with Gasteiger partial charge in [0.25, 0.3) is 0 Å². The minimum Gasteiger partial charge on any atom is -0.435 e. The standard InChI is InChI=1S/C19H19NO5/c20-18(24)25-19(10-21,11-22)17(23)14-8-7-13-6-5-12-3-1-2-4-15(12)16(13)9-14/h1-9,17,21-23H,10-11H2,(H2,20,24). The number of hydrogen-bond acceptors (Lipinski definition) is 5. The summed E-state index contributed by atoms with van der Waals surface area (Å²) in [5, 5.41) is 33.8. The molecule has 0 radical (unpaired) electrons. The van der Waals surface area contributed by atoms with Gasteiger partial charge in [-0.3, -0.25) is 0 Å². The Bertz CT molecular complexity index is 920. The minimum atomic E-state index is -1.91. The van der Waals surface area contributed by atoms with Crippen LogP contribution in [0.3, 0.4) is 0 Å². The van der Waals surface area contributed by atoms with Crippen LogP contribution in [0.5, 0.6) is 0 Å². The average molecular weight is 341 g/mol. The Morgan fingerprint density at radius 2 is 1.60 bits per heavy atom. The van der Waals surface area contributed by atoms with Crippen LogP contribution in [0.2, 0.25) is 0 Å². The number of fused-ring (bicyclic) bond motifs is 3. The summed E-state index contributed by atoms with van der Waals surface area (Å²) in [6.45, 7) is -1.55. The van der Waals surface area contributed by atoms with Gasteiger partial charge < -0.3 is 25.8 Å². The van der Waals surface area contributed by atoms with Gasteiger partial charge in [-0.2, -0.15) is 0 Å². The summed E-state index contributed by atoms with van der Waals surface area (Å²) < 4.78 is 4.84. The van der Waals surface area contributed by atoms with Crippen LogP contribution in [0.4, 0.5) is 4.79 Å². The second-order valence-electron chi connectivity index (χ2n) is 5.97. The Morgan fingerprint density at radius 1 is 1.00 bits per heavy atom.